The van der Waals surface area contributed by atoms with Crippen LogP contribution in [0.1, 0.15) is 56.0 Å². The summed E-state index contributed by atoms with van der Waals surface area (Å²) in [4.78, 5) is 26.5. The molecule has 1 aromatic rings. The topological polar surface area (TPSA) is 65.1 Å². The first-order valence-corrected chi connectivity index (χ1v) is 9.90. The van der Waals surface area contributed by atoms with Gasteiger partial charge in [-0.1, -0.05) is 6.92 Å². The van der Waals surface area contributed by atoms with Crippen LogP contribution < -0.4 is 4.74 Å². The number of piperidine rings is 1. The van der Waals surface area contributed by atoms with Gasteiger partial charge < -0.3 is 19.1 Å². The highest BCUT2D eigenvalue weighted by Gasteiger charge is 2.28. The lowest BCUT2D eigenvalue weighted by Gasteiger charge is -2.31. The Labute approximate surface area is 161 Å². The molecule has 0 aliphatic carbocycles. The highest BCUT2D eigenvalue weighted by molar-refractivity contribution is 5.94. The molecule has 1 aliphatic rings. The summed E-state index contributed by atoms with van der Waals surface area (Å²) < 4.78 is 16.4. The number of ether oxygens (including phenoxy) is 3. The van der Waals surface area contributed by atoms with Crippen molar-refractivity contribution in [1.82, 2.24) is 4.90 Å². The highest BCUT2D eigenvalue weighted by atomic mass is 16.5. The normalized spacial score (nSPS) is 14.9. The smallest absolute Gasteiger partial charge is 0.309 e. The first kappa shape index (κ1) is 21.2. The fourth-order valence-electron chi connectivity index (χ4n) is 3.21. The number of hydrogen-bond acceptors (Lipinski definition) is 5. The molecule has 6 nitrogen and oxygen atoms in total. The van der Waals surface area contributed by atoms with Crippen LogP contribution in [0.15, 0.2) is 18.2 Å². The summed E-state index contributed by atoms with van der Waals surface area (Å²) in [6.45, 7) is 8.99. The van der Waals surface area contributed by atoms with Gasteiger partial charge in [0.15, 0.2) is 0 Å². The minimum absolute atomic E-state index is 0.0166. The van der Waals surface area contributed by atoms with Gasteiger partial charge >= 0.3 is 5.97 Å². The lowest BCUT2D eigenvalue weighted by molar-refractivity contribution is -0.149. The SMILES string of the molecule is CCCOCc1cc(C(=O)N2CCC(C(=O)OCC)CC2)ccc1OCC. The van der Waals surface area contributed by atoms with Crippen LogP contribution >= 0.6 is 0 Å². The molecule has 0 bridgehead atoms. The number of carbonyl (C=O) groups excluding carboxylic acids is 2. The zero-order valence-electron chi connectivity index (χ0n) is 16.7. The van der Waals surface area contributed by atoms with Crippen molar-refractivity contribution in [3.05, 3.63) is 29.3 Å². The number of esters is 1. The van der Waals surface area contributed by atoms with E-state index in [1.165, 1.54) is 0 Å². The number of rotatable bonds is 9. The van der Waals surface area contributed by atoms with E-state index in [9.17, 15) is 9.59 Å². The van der Waals surface area contributed by atoms with Crippen LogP contribution in [-0.2, 0) is 20.9 Å². The van der Waals surface area contributed by atoms with Crippen LogP contribution in [0.2, 0.25) is 0 Å². The van der Waals surface area contributed by atoms with E-state index in [0.717, 1.165) is 17.7 Å². The largest absolute Gasteiger partial charge is 0.494 e. The van der Waals surface area contributed by atoms with E-state index in [0.29, 0.717) is 57.9 Å². The summed E-state index contributed by atoms with van der Waals surface area (Å²) in [6, 6.07) is 5.50. The van der Waals surface area contributed by atoms with Crippen molar-refractivity contribution in [3.63, 3.8) is 0 Å². The van der Waals surface area contributed by atoms with Gasteiger partial charge in [0.05, 0.1) is 25.7 Å². The minimum atomic E-state index is -0.152. The van der Waals surface area contributed by atoms with E-state index in [-0.39, 0.29) is 17.8 Å². The summed E-state index contributed by atoms with van der Waals surface area (Å²) in [7, 11) is 0. The highest BCUT2D eigenvalue weighted by Crippen LogP contribution is 2.24. The van der Waals surface area contributed by atoms with Crippen LogP contribution in [0.4, 0.5) is 0 Å². The second kappa shape index (κ2) is 10.9. The predicted molar refractivity (Wildman–Crippen MR) is 103 cm³/mol. The quantitative estimate of drug-likeness (QED) is 0.487. The molecular formula is C21H31NO5. The van der Waals surface area contributed by atoms with Crippen LogP contribution in [-0.4, -0.2) is 49.7 Å². The van der Waals surface area contributed by atoms with E-state index >= 15 is 0 Å². The summed E-state index contributed by atoms with van der Waals surface area (Å²) >= 11 is 0. The van der Waals surface area contributed by atoms with Crippen LogP contribution in [0.25, 0.3) is 0 Å². The van der Waals surface area contributed by atoms with Crippen molar-refractivity contribution in [2.75, 3.05) is 32.9 Å². The van der Waals surface area contributed by atoms with Crippen LogP contribution in [0.3, 0.4) is 0 Å². The van der Waals surface area contributed by atoms with Crippen LogP contribution in [0.5, 0.6) is 5.75 Å². The molecule has 0 unspecified atom stereocenters. The second-order valence-electron chi connectivity index (χ2n) is 6.63. The van der Waals surface area contributed by atoms with Crippen LogP contribution in [0, 0.1) is 5.92 Å². The molecule has 1 aliphatic heterocycles. The van der Waals surface area contributed by atoms with Crippen molar-refractivity contribution < 1.29 is 23.8 Å². The Morgan fingerprint density at radius 1 is 1.11 bits per heavy atom. The molecule has 0 radical (unpaired) electrons. The Bertz CT molecular complexity index is 623. The number of likely N-dealkylation sites (tertiary alicyclic amines) is 1. The fraction of sp³-hybridized carbons (Fsp3) is 0.619. The predicted octanol–water partition coefficient (Wildman–Crippen LogP) is 3.43. The molecule has 0 spiro atoms. The third-order valence-corrected chi connectivity index (χ3v) is 4.62. The Morgan fingerprint density at radius 2 is 1.85 bits per heavy atom. The van der Waals surface area contributed by atoms with Crippen molar-refractivity contribution in [3.8, 4) is 5.75 Å². The minimum Gasteiger partial charge on any atom is -0.494 e. The summed E-state index contributed by atoms with van der Waals surface area (Å²) in [5.74, 6) is 0.483. The third kappa shape index (κ3) is 5.96. The maximum atomic E-state index is 12.9. The molecule has 2 rings (SSSR count). The average molecular weight is 377 g/mol. The van der Waals surface area contributed by atoms with Gasteiger partial charge in [-0.05, 0) is 51.3 Å². The van der Waals surface area contributed by atoms with Gasteiger partial charge in [0, 0.05) is 30.8 Å². The Hall–Kier alpha value is -2.08. The first-order valence-electron chi connectivity index (χ1n) is 9.90. The van der Waals surface area contributed by atoms with Crippen molar-refractivity contribution in [2.24, 2.45) is 5.92 Å². The molecule has 27 heavy (non-hydrogen) atoms. The van der Waals surface area contributed by atoms with E-state index in [4.69, 9.17) is 14.2 Å². The molecule has 150 valence electrons. The number of benzene rings is 1. The molecule has 0 aromatic heterocycles. The molecule has 0 N–H and O–H groups in total. The number of carbonyl (C=O) groups is 2. The Morgan fingerprint density at radius 3 is 2.48 bits per heavy atom. The van der Waals surface area contributed by atoms with Gasteiger partial charge in [-0.25, -0.2) is 0 Å². The van der Waals surface area contributed by atoms with Gasteiger partial charge in [0.1, 0.15) is 5.75 Å². The van der Waals surface area contributed by atoms with Gasteiger partial charge in [0.2, 0.25) is 0 Å². The lowest BCUT2D eigenvalue weighted by atomic mass is 9.96. The molecule has 1 heterocycles. The average Bonchev–Trinajstić information content (AvgIpc) is 2.69. The first-order chi connectivity index (χ1) is 13.1. The number of amides is 1. The zero-order chi connectivity index (χ0) is 19.6. The van der Waals surface area contributed by atoms with Gasteiger partial charge in [-0.15, -0.1) is 0 Å². The molecule has 1 fully saturated rings. The number of nitrogens with zero attached hydrogens (tertiary/aromatic N) is 1. The summed E-state index contributed by atoms with van der Waals surface area (Å²) in [6.07, 6.45) is 2.24. The molecule has 6 heteroatoms. The summed E-state index contributed by atoms with van der Waals surface area (Å²) in [5, 5.41) is 0. The Balaban J connectivity index is 2.03. The maximum Gasteiger partial charge on any atom is 0.309 e. The fourth-order valence-corrected chi connectivity index (χ4v) is 3.21. The zero-order valence-corrected chi connectivity index (χ0v) is 16.7. The van der Waals surface area contributed by atoms with Crippen molar-refractivity contribution in [1.29, 1.82) is 0 Å². The molecular weight excluding hydrogens is 346 g/mol. The maximum absolute atomic E-state index is 12.9. The van der Waals surface area contributed by atoms with Crippen molar-refractivity contribution >= 4 is 11.9 Å². The third-order valence-electron chi connectivity index (χ3n) is 4.62. The monoisotopic (exact) mass is 377 g/mol. The van der Waals surface area contributed by atoms with E-state index in [2.05, 4.69) is 6.92 Å². The van der Waals surface area contributed by atoms with Gasteiger partial charge in [-0.3, -0.25) is 9.59 Å². The standard InChI is InChI=1S/C21H31NO5/c1-4-13-25-15-18-14-17(7-8-19(18)26-5-2)20(23)22-11-9-16(10-12-22)21(24)27-6-3/h7-8,14,16H,4-6,9-13,15H2,1-3H3. The van der Waals surface area contributed by atoms with Gasteiger partial charge in [0.25, 0.3) is 5.91 Å². The lowest BCUT2D eigenvalue weighted by Crippen LogP contribution is -2.40. The summed E-state index contributed by atoms with van der Waals surface area (Å²) in [5.41, 5.74) is 1.51. The molecule has 1 amide bonds. The number of hydrogen-bond donors (Lipinski definition) is 0. The van der Waals surface area contributed by atoms with Gasteiger partial charge in [-0.2, -0.15) is 0 Å². The van der Waals surface area contributed by atoms with E-state index in [1.807, 2.05) is 30.9 Å². The molecule has 1 saturated heterocycles. The van der Waals surface area contributed by atoms with E-state index < -0.39 is 0 Å². The second-order valence-corrected chi connectivity index (χ2v) is 6.63. The Kier molecular flexibility index (Phi) is 8.58. The van der Waals surface area contributed by atoms with E-state index in [1.54, 1.807) is 6.07 Å². The molecule has 0 saturated carbocycles. The molecule has 0 atom stereocenters. The van der Waals surface area contributed by atoms with Crippen molar-refractivity contribution in [2.45, 2.75) is 46.6 Å². The molecule has 1 aromatic carbocycles.